The molecule has 0 aliphatic carbocycles. The van der Waals surface area contributed by atoms with Gasteiger partial charge in [0.25, 0.3) is 0 Å². The van der Waals surface area contributed by atoms with Gasteiger partial charge in [-0.2, -0.15) is 0 Å². The highest BCUT2D eigenvalue weighted by atomic mass is 127. The lowest BCUT2D eigenvalue weighted by molar-refractivity contribution is 1.28. The highest BCUT2D eigenvalue weighted by Crippen LogP contribution is 1.95. The summed E-state index contributed by atoms with van der Waals surface area (Å²) >= 11 is 7.53. The minimum absolute atomic E-state index is 0.0931. The lowest BCUT2D eigenvalue weighted by Gasteiger charge is -1.85. The van der Waals surface area contributed by atoms with Gasteiger partial charge in [-0.15, -0.1) is 11.6 Å². The molecule has 0 N–H and O–H groups in total. The molecule has 0 saturated heterocycles. The first-order valence-electron chi connectivity index (χ1n) is 1.30. The van der Waals surface area contributed by atoms with E-state index < -0.39 is 0 Å². The van der Waals surface area contributed by atoms with Crippen LogP contribution >= 0.6 is 34.2 Å². The van der Waals surface area contributed by atoms with Crippen LogP contribution < -0.4 is 0 Å². The minimum atomic E-state index is 0.0931. The zero-order valence-electron chi connectivity index (χ0n) is 2.75. The molecular weight excluding hydrogens is 198 g/mol. The smallest absolute Gasteiger partial charge is 0.0426 e. The van der Waals surface area contributed by atoms with Crippen LogP contribution in [0.15, 0.2) is 0 Å². The van der Waals surface area contributed by atoms with Gasteiger partial charge in [0.2, 0.25) is 0 Å². The van der Waals surface area contributed by atoms with E-state index in [1.807, 2.05) is 0 Å². The van der Waals surface area contributed by atoms with Crippen molar-refractivity contribution in [2.24, 2.45) is 0 Å². The highest BCUT2D eigenvalue weighted by Gasteiger charge is 1.85. The van der Waals surface area contributed by atoms with Crippen molar-refractivity contribution in [2.75, 3.05) is 4.43 Å². The van der Waals surface area contributed by atoms with E-state index in [4.69, 9.17) is 11.6 Å². The summed E-state index contributed by atoms with van der Waals surface area (Å²) in [5.74, 6) is 0. The van der Waals surface area contributed by atoms with Gasteiger partial charge in [0.15, 0.2) is 0 Å². The van der Waals surface area contributed by atoms with E-state index in [1.165, 1.54) is 0 Å². The van der Waals surface area contributed by atoms with Gasteiger partial charge in [-0.1, -0.05) is 22.6 Å². The van der Waals surface area contributed by atoms with Crippen molar-refractivity contribution in [1.82, 2.24) is 0 Å². The molecule has 0 rings (SSSR count). The first-order chi connectivity index (χ1) is 2.27. The zero-order valence-corrected chi connectivity index (χ0v) is 5.66. The SMILES string of the molecule is [CH2]C(Cl)CI. The van der Waals surface area contributed by atoms with E-state index in [0.29, 0.717) is 0 Å². The van der Waals surface area contributed by atoms with Crippen LogP contribution in [0.3, 0.4) is 0 Å². The van der Waals surface area contributed by atoms with Gasteiger partial charge < -0.3 is 0 Å². The van der Waals surface area contributed by atoms with Gasteiger partial charge in [0, 0.05) is 9.80 Å². The third kappa shape index (κ3) is 5.02. The monoisotopic (exact) mass is 203 g/mol. The van der Waals surface area contributed by atoms with E-state index in [0.717, 1.165) is 4.43 Å². The molecule has 0 fully saturated rings. The summed E-state index contributed by atoms with van der Waals surface area (Å²) in [6.07, 6.45) is 0. The first kappa shape index (κ1) is 6.02. The Morgan fingerprint density at radius 3 is 2.20 bits per heavy atom. The average Bonchev–Trinajstić information content (AvgIpc) is 1.38. The molecule has 1 radical (unpaired) electrons. The first-order valence-corrected chi connectivity index (χ1v) is 3.26. The van der Waals surface area contributed by atoms with Crippen molar-refractivity contribution in [2.45, 2.75) is 5.38 Å². The molecule has 0 aromatic carbocycles. The molecular formula is C3H5ClI. The van der Waals surface area contributed by atoms with Gasteiger partial charge >= 0.3 is 0 Å². The normalized spacial score (nSPS) is 15.0. The lowest BCUT2D eigenvalue weighted by Crippen LogP contribution is -1.87. The summed E-state index contributed by atoms with van der Waals surface area (Å²) in [4.78, 5) is 0. The summed E-state index contributed by atoms with van der Waals surface area (Å²) in [6, 6.07) is 0. The van der Waals surface area contributed by atoms with Gasteiger partial charge in [-0.05, 0) is 6.92 Å². The molecule has 0 saturated carbocycles. The topological polar surface area (TPSA) is 0 Å². The Hall–Kier alpha value is 1.02. The standard InChI is InChI=1S/C3H5ClI/c1-3(4)2-5/h3H,1-2H2. The number of alkyl halides is 2. The Morgan fingerprint density at radius 1 is 2.00 bits per heavy atom. The molecule has 0 amide bonds. The minimum Gasteiger partial charge on any atom is -0.122 e. The quantitative estimate of drug-likeness (QED) is 0.451. The second-order valence-corrected chi connectivity index (χ2v) is 2.25. The van der Waals surface area contributed by atoms with Crippen molar-refractivity contribution in [3.8, 4) is 0 Å². The van der Waals surface area contributed by atoms with Crippen LogP contribution in [-0.4, -0.2) is 9.80 Å². The van der Waals surface area contributed by atoms with Crippen LogP contribution in [0, 0.1) is 6.92 Å². The molecule has 0 aromatic heterocycles. The summed E-state index contributed by atoms with van der Waals surface area (Å²) in [5, 5.41) is 0.0931. The van der Waals surface area contributed by atoms with E-state index in [2.05, 4.69) is 29.5 Å². The van der Waals surface area contributed by atoms with Crippen LogP contribution in [0.5, 0.6) is 0 Å². The maximum atomic E-state index is 5.34. The molecule has 0 aromatic rings. The van der Waals surface area contributed by atoms with E-state index in [9.17, 15) is 0 Å². The average molecular weight is 203 g/mol. The van der Waals surface area contributed by atoms with Gasteiger partial charge in [-0.3, -0.25) is 0 Å². The number of hydrogen-bond acceptors (Lipinski definition) is 0. The number of rotatable bonds is 1. The fraction of sp³-hybridized carbons (Fsp3) is 0.667. The van der Waals surface area contributed by atoms with E-state index in [1.54, 1.807) is 0 Å². The molecule has 0 bridgehead atoms. The lowest BCUT2D eigenvalue weighted by atomic mass is 10.6. The van der Waals surface area contributed by atoms with Gasteiger partial charge in [-0.25, -0.2) is 0 Å². The summed E-state index contributed by atoms with van der Waals surface area (Å²) in [6.45, 7) is 3.51. The molecule has 1 unspecified atom stereocenters. The molecule has 5 heavy (non-hydrogen) atoms. The van der Waals surface area contributed by atoms with Gasteiger partial charge in [0.1, 0.15) is 0 Å². The molecule has 0 aliphatic rings. The van der Waals surface area contributed by atoms with Crippen molar-refractivity contribution in [3.63, 3.8) is 0 Å². The Bertz CT molecular complexity index is 20.9. The van der Waals surface area contributed by atoms with Crippen LogP contribution in [0.2, 0.25) is 0 Å². The number of halogens is 2. The van der Waals surface area contributed by atoms with E-state index >= 15 is 0 Å². The fourth-order valence-electron chi connectivity index (χ4n) is 0. The molecule has 0 aliphatic heterocycles. The third-order valence-corrected chi connectivity index (χ3v) is 1.91. The molecule has 0 nitrogen and oxygen atoms in total. The van der Waals surface area contributed by atoms with Crippen molar-refractivity contribution in [3.05, 3.63) is 6.92 Å². The summed E-state index contributed by atoms with van der Waals surface area (Å²) in [5.41, 5.74) is 0. The van der Waals surface area contributed by atoms with Crippen LogP contribution in [0.25, 0.3) is 0 Å². The second-order valence-electron chi connectivity index (χ2n) is 0.752. The van der Waals surface area contributed by atoms with Crippen LogP contribution in [0.1, 0.15) is 0 Å². The maximum absolute atomic E-state index is 5.34. The Morgan fingerprint density at radius 2 is 2.20 bits per heavy atom. The van der Waals surface area contributed by atoms with Crippen molar-refractivity contribution >= 4 is 34.2 Å². The molecule has 1 atom stereocenters. The molecule has 2 heteroatoms. The van der Waals surface area contributed by atoms with Crippen LogP contribution in [0.4, 0.5) is 0 Å². The summed E-state index contributed by atoms with van der Waals surface area (Å²) in [7, 11) is 0. The van der Waals surface area contributed by atoms with Crippen LogP contribution in [-0.2, 0) is 0 Å². The largest absolute Gasteiger partial charge is 0.122 e. The second kappa shape index (κ2) is 3.22. The predicted octanol–water partition coefficient (Wildman–Crippen LogP) is 1.86. The molecule has 0 spiro atoms. The van der Waals surface area contributed by atoms with Crippen molar-refractivity contribution < 1.29 is 0 Å². The fourth-order valence-corrected chi connectivity index (χ4v) is 0. The highest BCUT2D eigenvalue weighted by molar-refractivity contribution is 14.1. The predicted molar refractivity (Wildman–Crippen MR) is 33.9 cm³/mol. The summed E-state index contributed by atoms with van der Waals surface area (Å²) < 4.78 is 0.930. The van der Waals surface area contributed by atoms with Crippen molar-refractivity contribution in [1.29, 1.82) is 0 Å². The Balaban J connectivity index is 2.54. The third-order valence-electron chi connectivity index (χ3n) is 0.167. The molecule has 0 heterocycles. The van der Waals surface area contributed by atoms with E-state index in [-0.39, 0.29) is 5.38 Å². The zero-order chi connectivity index (χ0) is 4.28. The maximum Gasteiger partial charge on any atom is 0.0426 e. The van der Waals surface area contributed by atoms with Gasteiger partial charge in [0.05, 0.1) is 0 Å². The Kier molecular flexibility index (Phi) is 3.88. The number of hydrogen-bond donors (Lipinski definition) is 0. The molecule has 31 valence electrons. The Labute approximate surface area is 51.0 Å².